The van der Waals surface area contributed by atoms with Crippen molar-refractivity contribution in [3.8, 4) is 11.5 Å². The molecule has 0 aromatic heterocycles. The first-order valence-electron chi connectivity index (χ1n) is 13.7. The summed E-state index contributed by atoms with van der Waals surface area (Å²) < 4.78 is 25.2. The number of hydrogen-bond acceptors (Lipinski definition) is 6. The standard InChI is InChI=1S/C35H26FNO5/c1-41-23-16-17-26(28(19-23)42-2)30-31(32(38)21-11-14-22(36)15-12-21)37-27-10-6-3-7-20(27)13-18-29(37)35(30)33(39)24-8-4-5-9-25(24)34(35)40/h3-19,29-31H,1-2H3/t29-,30-,31+/m1/s1. The number of methoxy groups -OCH3 is 2. The molecule has 6 nitrogen and oxygen atoms in total. The number of rotatable bonds is 5. The Bertz CT molecular complexity index is 1780. The van der Waals surface area contributed by atoms with Crippen LogP contribution in [-0.4, -0.2) is 43.7 Å². The Balaban J connectivity index is 1.57. The van der Waals surface area contributed by atoms with E-state index in [0.717, 1.165) is 11.3 Å². The summed E-state index contributed by atoms with van der Waals surface area (Å²) in [4.78, 5) is 46.1. The van der Waals surface area contributed by atoms with E-state index in [1.807, 2.05) is 41.3 Å². The van der Waals surface area contributed by atoms with Crippen LogP contribution < -0.4 is 14.4 Å². The third kappa shape index (κ3) is 3.40. The highest BCUT2D eigenvalue weighted by Gasteiger charge is 2.72. The predicted octanol–water partition coefficient (Wildman–Crippen LogP) is 6.16. The van der Waals surface area contributed by atoms with Gasteiger partial charge in [0.15, 0.2) is 17.3 Å². The molecule has 1 spiro atoms. The maximum absolute atomic E-state index is 14.7. The second kappa shape index (κ2) is 9.52. The zero-order valence-electron chi connectivity index (χ0n) is 22.9. The Kier molecular flexibility index (Phi) is 5.87. The molecule has 4 aromatic rings. The smallest absolute Gasteiger partial charge is 0.185 e. The zero-order valence-corrected chi connectivity index (χ0v) is 22.9. The highest BCUT2D eigenvalue weighted by Crippen LogP contribution is 2.62. The third-order valence-electron chi connectivity index (χ3n) is 8.89. The molecule has 0 N–H and O–H groups in total. The molecule has 7 heteroatoms. The van der Waals surface area contributed by atoms with Crippen LogP contribution in [0.15, 0.2) is 97.1 Å². The number of carbonyl (C=O) groups is 3. The van der Waals surface area contributed by atoms with Crippen molar-refractivity contribution in [2.45, 2.75) is 18.0 Å². The van der Waals surface area contributed by atoms with Gasteiger partial charge in [-0.25, -0.2) is 4.39 Å². The molecule has 1 saturated heterocycles. The fourth-order valence-electron chi connectivity index (χ4n) is 7.12. The van der Waals surface area contributed by atoms with Crippen LogP contribution in [0.25, 0.3) is 6.08 Å². The van der Waals surface area contributed by atoms with Crippen LogP contribution in [0.1, 0.15) is 48.1 Å². The minimum Gasteiger partial charge on any atom is -0.497 e. The first-order valence-corrected chi connectivity index (χ1v) is 13.7. The van der Waals surface area contributed by atoms with Crippen molar-refractivity contribution >= 4 is 29.1 Å². The van der Waals surface area contributed by atoms with E-state index >= 15 is 0 Å². The Labute approximate surface area is 242 Å². The van der Waals surface area contributed by atoms with E-state index in [0.29, 0.717) is 28.2 Å². The van der Waals surface area contributed by atoms with E-state index in [1.165, 1.54) is 38.5 Å². The molecule has 0 bridgehead atoms. The summed E-state index contributed by atoms with van der Waals surface area (Å²) in [7, 11) is 3.04. The second-order valence-corrected chi connectivity index (χ2v) is 10.7. The van der Waals surface area contributed by atoms with Crippen molar-refractivity contribution in [1.82, 2.24) is 0 Å². The lowest BCUT2D eigenvalue weighted by Gasteiger charge is -2.37. The molecule has 3 atom stereocenters. The van der Waals surface area contributed by atoms with Crippen LogP contribution in [-0.2, 0) is 0 Å². The number of hydrogen-bond donors (Lipinski definition) is 0. The largest absolute Gasteiger partial charge is 0.497 e. The number of carbonyl (C=O) groups excluding carboxylic acids is 3. The van der Waals surface area contributed by atoms with Gasteiger partial charge in [-0.15, -0.1) is 0 Å². The molecule has 1 aliphatic carbocycles. The van der Waals surface area contributed by atoms with Gasteiger partial charge in [-0.2, -0.15) is 0 Å². The topological polar surface area (TPSA) is 72.9 Å². The molecule has 42 heavy (non-hydrogen) atoms. The van der Waals surface area contributed by atoms with Gasteiger partial charge >= 0.3 is 0 Å². The van der Waals surface area contributed by atoms with Gasteiger partial charge in [0.05, 0.1) is 20.3 Å². The molecule has 1 fully saturated rings. The number of anilines is 1. The number of benzene rings is 4. The average Bonchev–Trinajstić information content (AvgIpc) is 3.46. The normalized spacial score (nSPS) is 21.2. The van der Waals surface area contributed by atoms with Gasteiger partial charge in [0, 0.05) is 39.9 Å². The first-order chi connectivity index (χ1) is 20.4. The Hall–Kier alpha value is -5.04. The number of ketones is 3. The maximum atomic E-state index is 14.7. The van der Waals surface area contributed by atoms with Crippen LogP contribution in [0.3, 0.4) is 0 Å². The monoisotopic (exact) mass is 559 g/mol. The maximum Gasteiger partial charge on any atom is 0.185 e. The number of halogens is 1. The Morgan fingerprint density at radius 2 is 1.50 bits per heavy atom. The van der Waals surface area contributed by atoms with Crippen molar-refractivity contribution in [2.24, 2.45) is 5.41 Å². The summed E-state index contributed by atoms with van der Waals surface area (Å²) in [6, 6.07) is 23.2. The lowest BCUT2D eigenvalue weighted by molar-refractivity contribution is 0.0665. The molecular formula is C35H26FNO5. The quantitative estimate of drug-likeness (QED) is 0.216. The highest BCUT2D eigenvalue weighted by molar-refractivity contribution is 6.32. The van der Waals surface area contributed by atoms with E-state index in [-0.39, 0.29) is 22.9 Å². The number of ether oxygens (including phenoxy) is 2. The van der Waals surface area contributed by atoms with Gasteiger partial charge in [-0.05, 0) is 42.0 Å². The molecular weight excluding hydrogens is 533 g/mol. The minimum atomic E-state index is -1.67. The van der Waals surface area contributed by atoms with E-state index in [1.54, 1.807) is 42.5 Å². The summed E-state index contributed by atoms with van der Waals surface area (Å²) in [6.07, 6.45) is 3.78. The predicted molar refractivity (Wildman–Crippen MR) is 156 cm³/mol. The van der Waals surface area contributed by atoms with Gasteiger partial charge < -0.3 is 14.4 Å². The highest BCUT2D eigenvalue weighted by atomic mass is 19.1. The second-order valence-electron chi connectivity index (χ2n) is 10.7. The minimum absolute atomic E-state index is 0.275. The summed E-state index contributed by atoms with van der Waals surface area (Å²) in [5.41, 5.74) is 1.40. The summed E-state index contributed by atoms with van der Waals surface area (Å²) >= 11 is 0. The molecule has 4 aromatic carbocycles. The van der Waals surface area contributed by atoms with Crippen molar-refractivity contribution in [2.75, 3.05) is 19.1 Å². The summed E-state index contributed by atoms with van der Waals surface area (Å²) in [5, 5.41) is 0. The van der Waals surface area contributed by atoms with Crippen LogP contribution in [0.2, 0.25) is 0 Å². The van der Waals surface area contributed by atoms with Gasteiger partial charge in [-0.1, -0.05) is 60.7 Å². The lowest BCUT2D eigenvalue weighted by Crippen LogP contribution is -2.48. The molecule has 3 aliphatic rings. The van der Waals surface area contributed by atoms with Crippen LogP contribution in [0, 0.1) is 11.2 Å². The number of fused-ring (bicyclic) bond motifs is 5. The molecule has 0 unspecified atom stereocenters. The Morgan fingerprint density at radius 3 is 2.17 bits per heavy atom. The van der Waals surface area contributed by atoms with Gasteiger partial charge in [0.2, 0.25) is 0 Å². The molecule has 0 saturated carbocycles. The van der Waals surface area contributed by atoms with Crippen LogP contribution in [0.4, 0.5) is 10.1 Å². The van der Waals surface area contributed by atoms with E-state index in [4.69, 9.17) is 9.47 Å². The fourth-order valence-corrected chi connectivity index (χ4v) is 7.12. The Morgan fingerprint density at radius 1 is 0.833 bits per heavy atom. The van der Waals surface area contributed by atoms with Crippen molar-refractivity contribution < 1.29 is 28.2 Å². The van der Waals surface area contributed by atoms with E-state index < -0.39 is 29.2 Å². The van der Waals surface area contributed by atoms with Crippen LogP contribution >= 0.6 is 0 Å². The van der Waals surface area contributed by atoms with E-state index in [2.05, 4.69) is 0 Å². The number of para-hydroxylation sites is 1. The van der Waals surface area contributed by atoms with Crippen molar-refractivity contribution in [1.29, 1.82) is 0 Å². The lowest BCUT2D eigenvalue weighted by atomic mass is 9.64. The summed E-state index contributed by atoms with van der Waals surface area (Å²) in [6.45, 7) is 0. The SMILES string of the molecule is COc1ccc([C@@H]2[C@@H](C(=O)c3ccc(F)cc3)N3c4ccccc4C=C[C@@H]3C23C(=O)c2ccccc2C3=O)c(OC)c1. The van der Waals surface area contributed by atoms with Gasteiger partial charge in [-0.3, -0.25) is 14.4 Å². The summed E-state index contributed by atoms with van der Waals surface area (Å²) in [5.74, 6) is -1.50. The third-order valence-corrected chi connectivity index (χ3v) is 8.89. The fraction of sp³-hybridized carbons (Fsp3) is 0.171. The average molecular weight is 560 g/mol. The molecule has 0 amide bonds. The number of nitrogens with zero attached hydrogens (tertiary/aromatic N) is 1. The van der Waals surface area contributed by atoms with Crippen LogP contribution in [0.5, 0.6) is 11.5 Å². The molecule has 2 heterocycles. The number of Topliss-reactive ketones (excluding diaryl/α,β-unsaturated/α-hetero) is 3. The van der Waals surface area contributed by atoms with E-state index in [9.17, 15) is 18.8 Å². The van der Waals surface area contributed by atoms with Gasteiger partial charge in [0.25, 0.3) is 0 Å². The first kappa shape index (κ1) is 25.9. The molecule has 2 aliphatic heterocycles. The van der Waals surface area contributed by atoms with Crippen molar-refractivity contribution in [3.05, 3.63) is 131 Å². The zero-order chi connectivity index (χ0) is 29.2. The molecule has 208 valence electrons. The molecule has 7 rings (SSSR count). The van der Waals surface area contributed by atoms with Crippen molar-refractivity contribution in [3.63, 3.8) is 0 Å². The molecule has 0 radical (unpaired) electrons. The van der Waals surface area contributed by atoms with Gasteiger partial charge in [0.1, 0.15) is 28.8 Å².